The Kier molecular flexibility index (Phi) is 7.32. The van der Waals surface area contributed by atoms with Gasteiger partial charge >= 0.3 is 0 Å². The smallest absolute Gasteiger partial charge is 0.238 e. The van der Waals surface area contributed by atoms with Crippen LogP contribution < -0.4 is 10.2 Å². The van der Waals surface area contributed by atoms with Crippen LogP contribution in [-0.4, -0.2) is 79.9 Å². The third-order valence-electron chi connectivity index (χ3n) is 11.3. The van der Waals surface area contributed by atoms with Crippen LogP contribution in [0.4, 0.5) is 21.6 Å². The fraction of sp³-hybridized carbons (Fsp3) is 0.486. The Morgan fingerprint density at radius 3 is 2.52 bits per heavy atom. The molecule has 3 fully saturated rings. The lowest BCUT2D eigenvalue weighted by molar-refractivity contribution is -0.128. The normalized spacial score (nSPS) is 23.2. The third-order valence-corrected chi connectivity index (χ3v) is 11.3. The summed E-state index contributed by atoms with van der Waals surface area (Å²) in [6.45, 7) is 12.2. The second-order valence-corrected chi connectivity index (χ2v) is 15.2. The molecule has 1 spiro atoms. The molecule has 250 valence electrons. The maximum atomic E-state index is 14.8. The zero-order chi connectivity index (χ0) is 33.4. The van der Waals surface area contributed by atoms with E-state index in [0.29, 0.717) is 48.9 Å². The van der Waals surface area contributed by atoms with Crippen molar-refractivity contribution in [2.24, 2.45) is 5.41 Å². The number of benzene rings is 1. The highest BCUT2D eigenvalue weighted by atomic mass is 19.1. The number of anilines is 3. The number of imidazole rings is 1. The van der Waals surface area contributed by atoms with Gasteiger partial charge in [-0.1, -0.05) is 26.0 Å². The number of hydrogen-bond donors (Lipinski definition) is 1. The van der Waals surface area contributed by atoms with Crippen LogP contribution in [0.25, 0.3) is 22.3 Å². The molecule has 0 bridgehead atoms. The quantitative estimate of drug-likeness (QED) is 0.243. The molecule has 0 radical (unpaired) electrons. The van der Waals surface area contributed by atoms with Crippen LogP contribution in [0.15, 0.2) is 49.1 Å². The van der Waals surface area contributed by atoms with Crippen molar-refractivity contribution in [2.45, 2.75) is 83.3 Å². The largest absolute Gasteiger partial charge is 0.345 e. The summed E-state index contributed by atoms with van der Waals surface area (Å²) in [5.41, 5.74) is 5.07. The van der Waals surface area contributed by atoms with Crippen LogP contribution in [0.2, 0.25) is 0 Å². The second kappa shape index (κ2) is 11.4. The molecule has 1 aliphatic carbocycles. The first-order chi connectivity index (χ1) is 23.1. The van der Waals surface area contributed by atoms with Gasteiger partial charge in [0.05, 0.1) is 34.8 Å². The molecule has 6 heterocycles. The molecule has 8 rings (SSSR count). The first-order valence-electron chi connectivity index (χ1n) is 17.2. The van der Waals surface area contributed by atoms with Gasteiger partial charge in [0.15, 0.2) is 11.6 Å². The predicted octanol–water partition coefficient (Wildman–Crippen LogP) is 6.06. The molecule has 0 atom stereocenters. The third kappa shape index (κ3) is 4.96. The summed E-state index contributed by atoms with van der Waals surface area (Å²) >= 11 is 0. The average molecular weight is 651 g/mol. The highest BCUT2D eigenvalue weighted by Gasteiger charge is 2.55. The Morgan fingerprint density at radius 2 is 1.83 bits per heavy atom. The molecular formula is C37H43FN8O2. The molecule has 0 unspecified atom stereocenters. The van der Waals surface area contributed by atoms with Gasteiger partial charge in [0.2, 0.25) is 12.3 Å². The predicted molar refractivity (Wildman–Crippen MR) is 184 cm³/mol. The molecule has 48 heavy (non-hydrogen) atoms. The van der Waals surface area contributed by atoms with Gasteiger partial charge in [-0.15, -0.1) is 0 Å². The lowest BCUT2D eigenvalue weighted by Gasteiger charge is -2.46. The van der Waals surface area contributed by atoms with Crippen molar-refractivity contribution in [1.82, 2.24) is 29.3 Å². The topological polar surface area (TPSA) is 99.5 Å². The first kappa shape index (κ1) is 30.9. The maximum absolute atomic E-state index is 14.8. The van der Waals surface area contributed by atoms with Gasteiger partial charge in [-0.2, -0.15) is 0 Å². The monoisotopic (exact) mass is 650 g/mol. The number of halogens is 1. The summed E-state index contributed by atoms with van der Waals surface area (Å²) in [6, 6.07) is 10.6. The molecule has 11 heteroatoms. The number of piperidine rings is 1. The van der Waals surface area contributed by atoms with Crippen LogP contribution in [0, 0.1) is 11.2 Å². The molecule has 3 aromatic heterocycles. The van der Waals surface area contributed by atoms with Crippen molar-refractivity contribution < 1.29 is 14.0 Å². The van der Waals surface area contributed by atoms with E-state index in [0.717, 1.165) is 60.2 Å². The molecular weight excluding hydrogens is 607 g/mol. The molecule has 1 aromatic carbocycles. The minimum absolute atomic E-state index is 0.116. The van der Waals surface area contributed by atoms with E-state index in [1.807, 2.05) is 16.7 Å². The van der Waals surface area contributed by atoms with Crippen molar-refractivity contribution in [2.75, 3.05) is 36.4 Å². The van der Waals surface area contributed by atoms with E-state index in [1.54, 1.807) is 23.5 Å². The summed E-state index contributed by atoms with van der Waals surface area (Å²) in [5, 5.41) is 3.22. The molecule has 10 nitrogen and oxygen atoms in total. The Balaban J connectivity index is 1.19. The van der Waals surface area contributed by atoms with E-state index in [-0.39, 0.29) is 23.7 Å². The van der Waals surface area contributed by atoms with Gasteiger partial charge in [0.1, 0.15) is 5.52 Å². The minimum atomic E-state index is -0.632. The number of nitrogens with zero attached hydrogens (tertiary/aromatic N) is 7. The number of pyridine rings is 2. The lowest BCUT2D eigenvalue weighted by atomic mass is 9.73. The Bertz CT molecular complexity index is 1910. The molecule has 2 amide bonds. The first-order valence-corrected chi connectivity index (χ1v) is 17.2. The van der Waals surface area contributed by atoms with Gasteiger partial charge in [-0.05, 0) is 81.7 Å². The Morgan fingerprint density at radius 1 is 1.04 bits per heavy atom. The van der Waals surface area contributed by atoms with Gasteiger partial charge in [-0.25, -0.2) is 14.4 Å². The van der Waals surface area contributed by atoms with Crippen LogP contribution in [0.5, 0.6) is 0 Å². The van der Waals surface area contributed by atoms with Gasteiger partial charge in [-0.3, -0.25) is 19.5 Å². The summed E-state index contributed by atoms with van der Waals surface area (Å²) in [7, 11) is 0. The average Bonchev–Trinajstić information content (AvgIpc) is 3.71. The maximum Gasteiger partial charge on any atom is 0.238 e. The van der Waals surface area contributed by atoms with E-state index in [4.69, 9.17) is 9.97 Å². The number of rotatable bonds is 7. The van der Waals surface area contributed by atoms with Crippen molar-refractivity contribution in [1.29, 1.82) is 0 Å². The number of amides is 2. The van der Waals surface area contributed by atoms with Crippen molar-refractivity contribution in [3.63, 3.8) is 0 Å². The Labute approximate surface area is 280 Å². The molecule has 1 saturated carbocycles. The number of nitrogens with one attached hydrogen (secondary N) is 1. The number of aromatic nitrogens is 4. The standard InChI is InChI=1S/C37H43FN8O2/c1-23(2)45-21-40-31-18-30(42-34(33(31)45)41-29-7-11-39-19-28(29)38)24-5-6-27-32(15-24)46(35(48)37(27)9-12-43(22-47)13-10-37)26-16-25(17-26)44-14-8-36(3,4)20-44/h5-7,11,15,18-19,21-23,25-26H,8-10,12-14,16-17,20H2,1-4H3,(H,39,41,42)/t25-,26+. The van der Waals surface area contributed by atoms with Crippen molar-refractivity contribution >= 4 is 40.5 Å². The van der Waals surface area contributed by atoms with E-state index < -0.39 is 11.2 Å². The minimum Gasteiger partial charge on any atom is -0.345 e. The number of likely N-dealkylation sites (tertiary alicyclic amines) is 2. The number of carbonyl (C=O) groups excluding carboxylic acids is 2. The van der Waals surface area contributed by atoms with E-state index in [9.17, 15) is 14.0 Å². The summed E-state index contributed by atoms with van der Waals surface area (Å²) in [4.78, 5) is 46.4. The van der Waals surface area contributed by atoms with Crippen LogP contribution in [-0.2, 0) is 15.0 Å². The van der Waals surface area contributed by atoms with Crippen LogP contribution >= 0.6 is 0 Å². The highest BCUT2D eigenvalue weighted by Crippen LogP contribution is 2.52. The zero-order valence-corrected chi connectivity index (χ0v) is 28.1. The van der Waals surface area contributed by atoms with Gasteiger partial charge < -0.3 is 19.7 Å². The fourth-order valence-corrected chi connectivity index (χ4v) is 8.43. The summed E-state index contributed by atoms with van der Waals surface area (Å²) in [6.07, 6.45) is 9.78. The van der Waals surface area contributed by atoms with E-state index in [2.05, 4.69) is 59.9 Å². The number of fused-ring (bicyclic) bond motifs is 3. The van der Waals surface area contributed by atoms with Crippen LogP contribution in [0.1, 0.15) is 71.4 Å². The number of carbonyl (C=O) groups is 2. The van der Waals surface area contributed by atoms with Gasteiger partial charge in [0, 0.05) is 55.2 Å². The molecule has 4 aliphatic rings. The molecule has 1 N–H and O–H groups in total. The van der Waals surface area contributed by atoms with Crippen LogP contribution in [0.3, 0.4) is 0 Å². The highest BCUT2D eigenvalue weighted by molar-refractivity contribution is 6.09. The Hall–Kier alpha value is -4.38. The lowest BCUT2D eigenvalue weighted by Crippen LogP contribution is -2.57. The zero-order valence-electron chi connectivity index (χ0n) is 28.1. The fourth-order valence-electron chi connectivity index (χ4n) is 8.43. The van der Waals surface area contributed by atoms with Crippen molar-refractivity contribution in [3.8, 4) is 11.3 Å². The molecule has 4 aromatic rings. The summed E-state index contributed by atoms with van der Waals surface area (Å²) < 4.78 is 16.8. The summed E-state index contributed by atoms with van der Waals surface area (Å²) in [5.74, 6) is 0.197. The molecule has 2 saturated heterocycles. The SMILES string of the molecule is CC(C)n1cnc2cc(-c3ccc4c(c3)N([C@H]3C[C@@H](N5CCC(C)(C)C5)C3)C(=O)C43CCN(C=O)CC3)nc(Nc3ccncc3F)c21. The van der Waals surface area contributed by atoms with E-state index in [1.165, 1.54) is 12.6 Å². The van der Waals surface area contributed by atoms with E-state index >= 15 is 0 Å². The number of hydrogen-bond acceptors (Lipinski definition) is 7. The van der Waals surface area contributed by atoms with Gasteiger partial charge in [0.25, 0.3) is 0 Å². The van der Waals surface area contributed by atoms with Crippen molar-refractivity contribution in [3.05, 3.63) is 60.4 Å². The second-order valence-electron chi connectivity index (χ2n) is 15.2. The molecule has 3 aliphatic heterocycles.